The van der Waals surface area contributed by atoms with E-state index in [9.17, 15) is 0 Å². The van der Waals surface area contributed by atoms with Crippen LogP contribution in [0.4, 0.5) is 0 Å². The van der Waals surface area contributed by atoms with Gasteiger partial charge in [-0.25, -0.2) is 0 Å². The van der Waals surface area contributed by atoms with Gasteiger partial charge in [0.2, 0.25) is 0 Å². The first-order chi connectivity index (χ1) is 24.9. The zero-order chi connectivity index (χ0) is 34.8. The molecule has 0 bridgehead atoms. The Kier molecular flexibility index (Phi) is 7.51. The second-order valence-electron chi connectivity index (χ2n) is 14.2. The zero-order valence-corrected chi connectivity index (χ0v) is 29.9. The van der Waals surface area contributed by atoms with Crippen LogP contribution in [0.2, 0.25) is 0 Å². The van der Waals surface area contributed by atoms with Crippen molar-refractivity contribution in [3.63, 3.8) is 0 Å². The summed E-state index contributed by atoms with van der Waals surface area (Å²) in [5.74, 6) is 0. The number of hydrogen-bond donors (Lipinski definition) is 0. The second kappa shape index (κ2) is 12.3. The van der Waals surface area contributed by atoms with Gasteiger partial charge in [0.05, 0.1) is 0 Å². The molecule has 0 aliphatic heterocycles. The molecule has 0 heterocycles. The van der Waals surface area contributed by atoms with E-state index < -0.39 is 0 Å². The summed E-state index contributed by atoms with van der Waals surface area (Å²) in [7, 11) is 9.04. The van der Waals surface area contributed by atoms with Gasteiger partial charge in [-0.1, -0.05) is 156 Å². The molecule has 0 unspecified atom stereocenters. The van der Waals surface area contributed by atoms with E-state index in [2.05, 4.69) is 190 Å². The lowest BCUT2D eigenvalue weighted by atomic mass is 9.63. The van der Waals surface area contributed by atoms with Crippen LogP contribution in [0.15, 0.2) is 152 Å². The Morgan fingerprint density at radius 2 is 0.784 bits per heavy atom. The zero-order valence-electron chi connectivity index (χ0n) is 29.9. The van der Waals surface area contributed by atoms with Gasteiger partial charge < -0.3 is 0 Å². The van der Waals surface area contributed by atoms with Crippen LogP contribution in [0.5, 0.6) is 0 Å². The number of fused-ring (bicyclic) bond motifs is 4. The first-order valence-electron chi connectivity index (χ1n) is 18.0. The monoisotopic (exact) mass is 644 g/mol. The first kappa shape index (κ1) is 31.3. The highest BCUT2D eigenvalue weighted by Crippen LogP contribution is 2.46. The Hall–Kier alpha value is -5.72. The van der Waals surface area contributed by atoms with Gasteiger partial charge in [0, 0.05) is 0 Å². The van der Waals surface area contributed by atoms with Gasteiger partial charge in [-0.15, -0.1) is 10.9 Å². The molecule has 0 spiro atoms. The number of hydrogen-bond acceptors (Lipinski definition) is 0. The highest BCUT2D eigenvalue weighted by atomic mass is 14.2. The normalized spacial score (nSPS) is 11.5. The molecule has 0 amide bonds. The number of benzene rings is 9. The van der Waals surface area contributed by atoms with Crippen molar-refractivity contribution in [3.05, 3.63) is 157 Å². The molecule has 0 nitrogen and oxygen atoms in total. The van der Waals surface area contributed by atoms with Crippen LogP contribution in [0, 0.1) is 6.92 Å². The van der Waals surface area contributed by atoms with Crippen molar-refractivity contribution in [2.75, 3.05) is 0 Å². The van der Waals surface area contributed by atoms with Gasteiger partial charge in [-0.2, -0.15) is 0 Å². The molecule has 0 fully saturated rings. The lowest BCUT2D eigenvalue weighted by Crippen LogP contribution is -2.49. The van der Waals surface area contributed by atoms with Crippen molar-refractivity contribution < 1.29 is 0 Å². The Bertz CT molecular complexity index is 2760. The molecular weight excluding hydrogens is 608 g/mol. The minimum absolute atomic E-state index is 1.23. The average molecular weight is 644 g/mol. The third-order valence-electron chi connectivity index (χ3n) is 11.6. The second-order valence-corrected chi connectivity index (χ2v) is 14.2. The van der Waals surface area contributed by atoms with E-state index in [0.717, 1.165) is 0 Å². The Morgan fingerprint density at radius 1 is 0.314 bits per heavy atom. The van der Waals surface area contributed by atoms with Gasteiger partial charge in [0.15, 0.2) is 0 Å². The van der Waals surface area contributed by atoms with Gasteiger partial charge in [-0.05, 0) is 107 Å². The fourth-order valence-corrected chi connectivity index (χ4v) is 8.51. The van der Waals surface area contributed by atoms with Crippen molar-refractivity contribution in [2.24, 2.45) is 0 Å². The molecule has 9 aromatic rings. The van der Waals surface area contributed by atoms with Crippen LogP contribution in [0.1, 0.15) is 5.56 Å². The van der Waals surface area contributed by atoms with Gasteiger partial charge >= 0.3 is 0 Å². The van der Waals surface area contributed by atoms with Gasteiger partial charge in [0.25, 0.3) is 0 Å². The predicted molar refractivity (Wildman–Crippen MR) is 236 cm³/mol. The minimum atomic E-state index is 1.23. The summed E-state index contributed by atoms with van der Waals surface area (Å²) in [6.45, 7) is 2.27. The fourth-order valence-electron chi connectivity index (χ4n) is 8.51. The quantitative estimate of drug-likeness (QED) is 0.156. The summed E-state index contributed by atoms with van der Waals surface area (Å²) in [6, 6.07) is 56.4. The highest BCUT2D eigenvalue weighted by molar-refractivity contribution is 6.64. The lowest BCUT2D eigenvalue weighted by Gasteiger charge is -2.21. The first-order valence-corrected chi connectivity index (χ1v) is 18.0. The van der Waals surface area contributed by atoms with Crippen LogP contribution < -0.4 is 21.9 Å². The molecular formula is C47H36B4. The molecule has 0 atom stereocenters. The summed E-state index contributed by atoms with van der Waals surface area (Å²) in [5, 5.41) is 10.1. The van der Waals surface area contributed by atoms with Crippen molar-refractivity contribution in [3.8, 4) is 44.5 Å². The van der Waals surface area contributed by atoms with Crippen LogP contribution in [0.3, 0.4) is 0 Å². The SMILES string of the molecule is Bc1c(B)c(B)c(-c2ccc(-c3c4ccccc4c(-c4cccc5ccc(-c6ccc7ccccc7c6)cc45)c4ccccc34)cc2)c(C)c1B. The fraction of sp³-hybridized carbons (Fsp3) is 0.0213. The standard InChI is InChI=1S/C47H36B4/c1-27-41(45(49)47(51)46(50)44(27)48)30-19-21-31(22-20-30)42-35-12-4-6-14-37(35)43(38-15-7-5-13-36(38)42)39-16-8-11-29-18-24-34(26-40(29)39)33-23-17-28-9-2-3-10-32(28)25-33/h2-26H,48-51H2,1H3. The van der Waals surface area contributed by atoms with Gasteiger partial charge in [-0.3, -0.25) is 0 Å². The summed E-state index contributed by atoms with van der Waals surface area (Å²) in [4.78, 5) is 0. The molecule has 0 N–H and O–H groups in total. The maximum absolute atomic E-state index is 2.39. The Balaban J connectivity index is 1.25. The molecule has 0 aromatic heterocycles. The van der Waals surface area contributed by atoms with E-state index in [1.807, 2.05) is 0 Å². The van der Waals surface area contributed by atoms with E-state index in [0.29, 0.717) is 0 Å². The molecule has 51 heavy (non-hydrogen) atoms. The van der Waals surface area contributed by atoms with E-state index >= 15 is 0 Å². The molecule has 236 valence electrons. The van der Waals surface area contributed by atoms with E-state index in [-0.39, 0.29) is 0 Å². The van der Waals surface area contributed by atoms with E-state index in [1.54, 1.807) is 0 Å². The minimum Gasteiger partial charge on any atom is -0.102 e. The molecule has 9 rings (SSSR count). The van der Waals surface area contributed by atoms with Crippen molar-refractivity contribution in [1.82, 2.24) is 0 Å². The summed E-state index contributed by atoms with van der Waals surface area (Å²) < 4.78 is 0. The summed E-state index contributed by atoms with van der Waals surface area (Å²) in [5.41, 5.74) is 17.1. The van der Waals surface area contributed by atoms with Crippen LogP contribution in [0.25, 0.3) is 87.6 Å². The number of rotatable bonds is 4. The lowest BCUT2D eigenvalue weighted by molar-refractivity contribution is 1.53. The Morgan fingerprint density at radius 3 is 1.43 bits per heavy atom. The molecule has 0 saturated carbocycles. The molecule has 0 saturated heterocycles. The molecule has 0 aliphatic carbocycles. The van der Waals surface area contributed by atoms with Crippen LogP contribution >= 0.6 is 0 Å². The van der Waals surface area contributed by atoms with Crippen LogP contribution in [-0.4, -0.2) is 31.4 Å². The molecule has 4 heteroatoms. The Labute approximate surface area is 303 Å². The maximum atomic E-state index is 2.39. The molecule has 0 radical (unpaired) electrons. The van der Waals surface area contributed by atoms with Crippen molar-refractivity contribution in [2.45, 2.75) is 6.92 Å². The van der Waals surface area contributed by atoms with Crippen molar-refractivity contribution >= 4 is 96.3 Å². The van der Waals surface area contributed by atoms with Crippen LogP contribution in [-0.2, 0) is 0 Å². The smallest absolute Gasteiger partial charge is 0.102 e. The largest absolute Gasteiger partial charge is 0.139 e. The summed E-state index contributed by atoms with van der Waals surface area (Å²) >= 11 is 0. The summed E-state index contributed by atoms with van der Waals surface area (Å²) in [6.07, 6.45) is 0. The highest BCUT2D eigenvalue weighted by Gasteiger charge is 2.19. The molecule has 0 aliphatic rings. The average Bonchev–Trinajstić information content (AvgIpc) is 3.18. The van der Waals surface area contributed by atoms with Crippen molar-refractivity contribution in [1.29, 1.82) is 0 Å². The van der Waals surface area contributed by atoms with E-state index in [4.69, 9.17) is 0 Å². The predicted octanol–water partition coefficient (Wildman–Crippen LogP) is 6.31. The topological polar surface area (TPSA) is 0 Å². The third kappa shape index (κ3) is 5.04. The third-order valence-corrected chi connectivity index (χ3v) is 11.6. The molecule has 9 aromatic carbocycles. The maximum Gasteiger partial charge on any atom is 0.139 e. The van der Waals surface area contributed by atoms with Gasteiger partial charge in [0.1, 0.15) is 31.4 Å². The van der Waals surface area contributed by atoms with E-state index in [1.165, 1.54) is 115 Å².